The van der Waals surface area contributed by atoms with E-state index in [1.165, 1.54) is 0 Å². The first-order chi connectivity index (χ1) is 4.27. The molecule has 1 N–H and O–H groups in total. The van der Waals surface area contributed by atoms with Crippen molar-refractivity contribution in [2.75, 3.05) is 0 Å². The predicted octanol–water partition coefficient (Wildman–Crippen LogP) is 1.60. The Labute approximate surface area is 62.4 Å². The number of unbranched alkanes of at least 4 members (excludes halogenated alkanes) is 1. The van der Waals surface area contributed by atoms with Crippen LogP contribution in [0.1, 0.15) is 19.3 Å². The fraction of sp³-hybridized carbons (Fsp3) is 0.500. The summed E-state index contributed by atoms with van der Waals surface area (Å²) in [7, 11) is 0. The van der Waals surface area contributed by atoms with Crippen molar-refractivity contribution in [2.24, 2.45) is 0 Å². The molecule has 0 unspecified atom stereocenters. The van der Waals surface area contributed by atoms with E-state index in [9.17, 15) is 4.79 Å². The van der Waals surface area contributed by atoms with E-state index in [-0.39, 0.29) is 6.42 Å². The van der Waals surface area contributed by atoms with Crippen LogP contribution < -0.4 is 0 Å². The minimum atomic E-state index is -0.758. The number of hydrogen-bond acceptors (Lipinski definition) is 1. The third kappa shape index (κ3) is 7.51. The maximum absolute atomic E-state index is 9.90. The number of hydrogen-bond donors (Lipinski definition) is 1. The molecule has 0 aromatic heterocycles. The van der Waals surface area contributed by atoms with Gasteiger partial charge in [-0.15, -0.1) is 0 Å². The van der Waals surface area contributed by atoms with Crippen molar-refractivity contribution >= 4 is 21.9 Å². The van der Waals surface area contributed by atoms with E-state index < -0.39 is 5.97 Å². The summed E-state index contributed by atoms with van der Waals surface area (Å²) in [6.07, 6.45) is 1.49. The van der Waals surface area contributed by atoms with E-state index in [4.69, 9.17) is 5.11 Å². The molecule has 0 fully saturated rings. The van der Waals surface area contributed by atoms with Crippen LogP contribution in [-0.2, 0) is 4.79 Å². The van der Waals surface area contributed by atoms with Crippen molar-refractivity contribution < 1.29 is 9.90 Å². The second-order valence-electron chi connectivity index (χ2n) is 1.52. The van der Waals surface area contributed by atoms with Gasteiger partial charge in [-0.05, 0) is 11.3 Å². The summed E-state index contributed by atoms with van der Waals surface area (Å²) in [5.41, 5.74) is 0. The van der Waals surface area contributed by atoms with Crippen LogP contribution in [0.25, 0.3) is 0 Å². The van der Waals surface area contributed by atoms with Gasteiger partial charge in [-0.3, -0.25) is 4.79 Å². The molecule has 0 rings (SSSR count). The number of rotatable bonds is 3. The lowest BCUT2D eigenvalue weighted by Crippen LogP contribution is -1.92. The molecule has 2 nitrogen and oxygen atoms in total. The van der Waals surface area contributed by atoms with E-state index in [1.807, 2.05) is 0 Å². The second-order valence-corrected chi connectivity index (χ2v) is 1.92. The third-order valence-electron chi connectivity index (χ3n) is 0.759. The maximum Gasteiger partial charge on any atom is 0.303 e. The highest BCUT2D eigenvalue weighted by Gasteiger charge is 1.92. The Morgan fingerprint density at radius 2 is 2.33 bits per heavy atom. The predicted molar refractivity (Wildman–Crippen MR) is 38.2 cm³/mol. The lowest BCUT2D eigenvalue weighted by Gasteiger charge is -1.85. The van der Waals surface area contributed by atoms with Gasteiger partial charge in [0.2, 0.25) is 0 Å². The van der Waals surface area contributed by atoms with Crippen molar-refractivity contribution in [3.63, 3.8) is 0 Å². The van der Waals surface area contributed by atoms with Crippen LogP contribution in [-0.4, -0.2) is 11.1 Å². The Morgan fingerprint density at radius 3 is 2.78 bits per heavy atom. The third-order valence-corrected chi connectivity index (χ3v) is 1.04. The van der Waals surface area contributed by atoms with Crippen molar-refractivity contribution in [2.45, 2.75) is 19.3 Å². The number of aliphatic carboxylic acids is 1. The SMILES string of the molecule is O=C(O)CCCC#CBr. The summed E-state index contributed by atoms with van der Waals surface area (Å²) in [5.74, 6) is 1.95. The van der Waals surface area contributed by atoms with Gasteiger partial charge in [-0.1, -0.05) is 5.92 Å². The molecule has 0 spiro atoms. The fourth-order valence-electron chi connectivity index (χ4n) is 0.375. The molecular formula is C6H7BrO2. The maximum atomic E-state index is 9.90. The Kier molecular flexibility index (Phi) is 5.34. The highest BCUT2D eigenvalue weighted by atomic mass is 79.9. The van der Waals surface area contributed by atoms with Gasteiger partial charge in [-0.2, -0.15) is 0 Å². The van der Waals surface area contributed by atoms with E-state index >= 15 is 0 Å². The summed E-state index contributed by atoms with van der Waals surface area (Å²) in [6, 6.07) is 0. The van der Waals surface area contributed by atoms with E-state index in [1.54, 1.807) is 0 Å². The zero-order chi connectivity index (χ0) is 7.11. The Bertz CT molecular complexity index is 143. The molecule has 0 saturated heterocycles. The zero-order valence-corrected chi connectivity index (χ0v) is 6.44. The standard InChI is InChI=1S/C6H7BrO2/c7-5-3-1-2-4-6(8)9/h1-2,4H2,(H,8,9). The Morgan fingerprint density at radius 1 is 1.67 bits per heavy atom. The summed E-state index contributed by atoms with van der Waals surface area (Å²) < 4.78 is 0. The van der Waals surface area contributed by atoms with Crippen LogP contribution in [0.3, 0.4) is 0 Å². The molecule has 50 valence electrons. The van der Waals surface area contributed by atoms with Crippen molar-refractivity contribution in [3.8, 4) is 10.8 Å². The molecule has 9 heavy (non-hydrogen) atoms. The number of halogens is 1. The molecule has 0 bridgehead atoms. The van der Waals surface area contributed by atoms with Crippen LogP contribution in [0.5, 0.6) is 0 Å². The van der Waals surface area contributed by atoms with Crippen LogP contribution >= 0.6 is 15.9 Å². The van der Waals surface area contributed by atoms with Crippen LogP contribution in [0.15, 0.2) is 0 Å². The molecule has 0 aliphatic heterocycles. The summed E-state index contributed by atoms with van der Waals surface area (Å²) in [6.45, 7) is 0. The smallest absolute Gasteiger partial charge is 0.303 e. The second kappa shape index (κ2) is 5.64. The minimum Gasteiger partial charge on any atom is -0.481 e. The lowest BCUT2D eigenvalue weighted by molar-refractivity contribution is -0.137. The van der Waals surface area contributed by atoms with Gasteiger partial charge >= 0.3 is 5.97 Å². The molecule has 0 radical (unpaired) electrons. The van der Waals surface area contributed by atoms with Crippen LogP contribution in [0.2, 0.25) is 0 Å². The quantitative estimate of drug-likeness (QED) is 0.543. The van der Waals surface area contributed by atoms with Gasteiger partial charge in [0.25, 0.3) is 0 Å². The number of carbonyl (C=O) groups is 1. The largest absolute Gasteiger partial charge is 0.481 e. The molecule has 0 atom stereocenters. The average Bonchev–Trinajstić information content (AvgIpc) is 1.80. The topological polar surface area (TPSA) is 37.3 Å². The minimum absolute atomic E-state index is 0.210. The molecular weight excluding hydrogens is 184 g/mol. The molecule has 0 aliphatic rings. The normalized spacial score (nSPS) is 7.67. The lowest BCUT2D eigenvalue weighted by atomic mass is 10.2. The van der Waals surface area contributed by atoms with E-state index in [0.717, 1.165) is 0 Å². The number of carboxylic acid groups (broad SMARTS) is 1. The highest BCUT2D eigenvalue weighted by Crippen LogP contribution is 1.92. The molecule has 0 heterocycles. The van der Waals surface area contributed by atoms with E-state index in [2.05, 4.69) is 26.7 Å². The van der Waals surface area contributed by atoms with Gasteiger partial charge in [0.05, 0.1) is 0 Å². The molecule has 0 aromatic rings. The van der Waals surface area contributed by atoms with Crippen LogP contribution in [0.4, 0.5) is 0 Å². The summed E-state index contributed by atoms with van der Waals surface area (Å²) >= 11 is 2.91. The average molecular weight is 191 g/mol. The monoisotopic (exact) mass is 190 g/mol. The van der Waals surface area contributed by atoms with Crippen molar-refractivity contribution in [1.82, 2.24) is 0 Å². The molecule has 0 saturated carbocycles. The first kappa shape index (κ1) is 8.51. The van der Waals surface area contributed by atoms with Gasteiger partial charge in [0.1, 0.15) is 0 Å². The fourth-order valence-corrected chi connectivity index (χ4v) is 0.573. The summed E-state index contributed by atoms with van der Waals surface area (Å²) in [5, 5.41) is 8.15. The van der Waals surface area contributed by atoms with Gasteiger partial charge in [-0.25, -0.2) is 0 Å². The van der Waals surface area contributed by atoms with Gasteiger partial charge in [0.15, 0.2) is 0 Å². The van der Waals surface area contributed by atoms with Crippen molar-refractivity contribution in [1.29, 1.82) is 0 Å². The van der Waals surface area contributed by atoms with E-state index in [0.29, 0.717) is 12.8 Å². The molecule has 0 aromatic carbocycles. The Balaban J connectivity index is 3.07. The summed E-state index contributed by atoms with van der Waals surface area (Å²) in [4.78, 5) is 12.4. The molecule has 0 amide bonds. The number of carboxylic acids is 1. The highest BCUT2D eigenvalue weighted by molar-refractivity contribution is 9.12. The van der Waals surface area contributed by atoms with Crippen molar-refractivity contribution in [3.05, 3.63) is 0 Å². The molecule has 0 aliphatic carbocycles. The Hall–Kier alpha value is -0.490. The zero-order valence-electron chi connectivity index (χ0n) is 4.85. The van der Waals surface area contributed by atoms with Gasteiger partial charge in [0, 0.05) is 28.8 Å². The van der Waals surface area contributed by atoms with Gasteiger partial charge < -0.3 is 5.11 Å². The first-order valence-corrected chi connectivity index (χ1v) is 3.37. The molecule has 3 heteroatoms. The first-order valence-electron chi connectivity index (χ1n) is 2.57. The van der Waals surface area contributed by atoms with Crippen LogP contribution in [0, 0.1) is 10.8 Å².